The Bertz CT molecular complexity index is 552. The van der Waals surface area contributed by atoms with E-state index in [2.05, 4.69) is 4.98 Å². The molecule has 1 aliphatic rings. The summed E-state index contributed by atoms with van der Waals surface area (Å²) in [5.74, 6) is 0. The Hall–Kier alpha value is -1.06. The zero-order valence-corrected chi connectivity index (χ0v) is 10.4. The summed E-state index contributed by atoms with van der Waals surface area (Å²) in [6.07, 6.45) is -1.76. The average Bonchev–Trinajstić information content (AvgIpc) is 2.52. The summed E-state index contributed by atoms with van der Waals surface area (Å²) < 4.78 is 6.77. The third kappa shape index (κ3) is 2.02. The maximum Gasteiger partial charge on any atom is 0.251 e. The average molecular weight is 274 g/mol. The molecule has 0 saturated carbocycles. The summed E-state index contributed by atoms with van der Waals surface area (Å²) >= 11 is 4.96. The minimum Gasteiger partial charge on any atom is -0.394 e. The molecule has 7 nitrogen and oxygen atoms in total. The minimum absolute atomic E-state index is 0.0681. The predicted octanol–water partition coefficient (Wildman–Crippen LogP) is -1.09. The van der Waals surface area contributed by atoms with E-state index in [1.165, 1.54) is 23.8 Å². The van der Waals surface area contributed by atoms with E-state index in [9.17, 15) is 15.0 Å². The molecule has 1 aromatic rings. The van der Waals surface area contributed by atoms with Crippen LogP contribution in [0.2, 0.25) is 0 Å². The number of nitrogens with one attached hydrogen (secondary N) is 1. The van der Waals surface area contributed by atoms with Crippen molar-refractivity contribution in [2.45, 2.75) is 31.0 Å². The number of hydrogen-bond acceptors (Lipinski definition) is 6. The van der Waals surface area contributed by atoms with Gasteiger partial charge < -0.3 is 20.1 Å². The second-order valence-electron chi connectivity index (χ2n) is 4.40. The van der Waals surface area contributed by atoms with Crippen molar-refractivity contribution in [2.75, 3.05) is 6.61 Å². The van der Waals surface area contributed by atoms with E-state index in [4.69, 9.17) is 22.1 Å². The molecule has 1 saturated heterocycles. The zero-order chi connectivity index (χ0) is 13.5. The first-order valence-electron chi connectivity index (χ1n) is 5.36. The van der Waals surface area contributed by atoms with E-state index in [1.807, 2.05) is 0 Å². The van der Waals surface area contributed by atoms with Crippen molar-refractivity contribution in [3.63, 3.8) is 0 Å². The molecule has 1 aromatic heterocycles. The normalized spacial score (nSPS) is 35.9. The second-order valence-corrected chi connectivity index (χ2v) is 4.78. The highest BCUT2D eigenvalue weighted by atomic mass is 32.1. The van der Waals surface area contributed by atoms with Gasteiger partial charge in [0.15, 0.2) is 11.0 Å². The molecule has 0 aromatic carbocycles. The van der Waals surface area contributed by atoms with Crippen molar-refractivity contribution in [3.05, 3.63) is 27.4 Å². The van der Waals surface area contributed by atoms with Crippen molar-refractivity contribution in [1.29, 1.82) is 0 Å². The molecule has 2 rings (SSSR count). The molecule has 0 aliphatic carbocycles. The van der Waals surface area contributed by atoms with Gasteiger partial charge in [0.2, 0.25) is 0 Å². The van der Waals surface area contributed by atoms with Crippen LogP contribution in [0.3, 0.4) is 0 Å². The van der Waals surface area contributed by atoms with Gasteiger partial charge in [-0.05, 0) is 19.1 Å². The van der Waals surface area contributed by atoms with E-state index in [0.717, 1.165) is 0 Å². The second kappa shape index (κ2) is 4.56. The third-order valence-electron chi connectivity index (χ3n) is 3.04. The minimum atomic E-state index is -1.62. The molecule has 0 spiro atoms. The lowest BCUT2D eigenvalue weighted by atomic mass is 9.96. The summed E-state index contributed by atoms with van der Waals surface area (Å²) in [4.78, 5) is 13.5. The van der Waals surface area contributed by atoms with Crippen molar-refractivity contribution in [3.8, 4) is 0 Å². The fourth-order valence-electron chi connectivity index (χ4n) is 2.00. The Morgan fingerprint density at radius 1 is 1.67 bits per heavy atom. The monoisotopic (exact) mass is 274 g/mol. The number of rotatable bonds is 2. The molecule has 0 amide bonds. The highest BCUT2D eigenvalue weighted by Gasteiger charge is 2.52. The Morgan fingerprint density at radius 2 is 2.33 bits per heavy atom. The summed E-state index contributed by atoms with van der Waals surface area (Å²) in [6, 6.07) is 1.23. The lowest BCUT2D eigenvalue weighted by Gasteiger charge is -2.27. The van der Waals surface area contributed by atoms with Crippen molar-refractivity contribution in [2.24, 2.45) is 0 Å². The molecular weight excluding hydrogens is 260 g/mol. The molecule has 4 atom stereocenters. The topological polar surface area (TPSA) is 108 Å². The van der Waals surface area contributed by atoms with E-state index in [1.54, 1.807) is 0 Å². The van der Waals surface area contributed by atoms with Crippen molar-refractivity contribution >= 4 is 12.2 Å². The number of nitrogens with zero attached hydrogens (tertiary/aromatic N) is 1. The third-order valence-corrected chi connectivity index (χ3v) is 3.35. The maximum absolute atomic E-state index is 11.1. The summed E-state index contributed by atoms with van der Waals surface area (Å²) in [5, 5.41) is 29.1. The SMILES string of the molecule is C[C@@]1(O)C(O)[C@@H](CO)O[C@H]1n1ccc(=O)[nH]c1=S. The highest BCUT2D eigenvalue weighted by Crippen LogP contribution is 2.37. The van der Waals surface area contributed by atoms with Crippen LogP contribution in [-0.2, 0) is 4.74 Å². The van der Waals surface area contributed by atoms with E-state index in [0.29, 0.717) is 0 Å². The predicted molar refractivity (Wildman–Crippen MR) is 63.5 cm³/mol. The smallest absolute Gasteiger partial charge is 0.251 e. The molecule has 0 bridgehead atoms. The fraction of sp³-hybridized carbons (Fsp3) is 0.600. The van der Waals surface area contributed by atoms with Crippen LogP contribution < -0.4 is 5.56 Å². The molecule has 1 unspecified atom stereocenters. The standard InChI is InChI=1S/C10H14N2O5S/c1-10(16)7(15)5(4-13)17-8(10)12-3-2-6(14)11-9(12)18/h2-3,5,7-8,13,15-16H,4H2,1H3,(H,11,14,18)/t5-,7?,8-,10-/m1/s1. The maximum atomic E-state index is 11.1. The first kappa shape index (κ1) is 13.4. The van der Waals surface area contributed by atoms with Gasteiger partial charge in [-0.3, -0.25) is 14.3 Å². The van der Waals surface area contributed by atoms with Crippen molar-refractivity contribution < 1.29 is 20.1 Å². The number of aliphatic hydroxyl groups is 3. The molecule has 8 heteroatoms. The van der Waals surface area contributed by atoms with Gasteiger partial charge in [0.1, 0.15) is 17.8 Å². The molecule has 18 heavy (non-hydrogen) atoms. The molecule has 2 heterocycles. The number of H-pyrrole nitrogens is 1. The van der Waals surface area contributed by atoms with E-state index < -0.39 is 30.6 Å². The highest BCUT2D eigenvalue weighted by molar-refractivity contribution is 7.71. The van der Waals surface area contributed by atoms with Crippen LogP contribution >= 0.6 is 12.2 Å². The summed E-state index contributed by atoms with van der Waals surface area (Å²) in [7, 11) is 0. The van der Waals surface area contributed by atoms with Crippen LogP contribution in [0.25, 0.3) is 0 Å². The van der Waals surface area contributed by atoms with Crippen LogP contribution in [-0.4, -0.2) is 49.3 Å². The van der Waals surface area contributed by atoms with Gasteiger partial charge in [-0.25, -0.2) is 0 Å². The molecule has 4 N–H and O–H groups in total. The number of hydrogen-bond donors (Lipinski definition) is 4. The Morgan fingerprint density at radius 3 is 2.83 bits per heavy atom. The Balaban J connectivity index is 2.45. The first-order valence-corrected chi connectivity index (χ1v) is 5.77. The zero-order valence-electron chi connectivity index (χ0n) is 9.61. The van der Waals surface area contributed by atoms with Gasteiger partial charge in [0.25, 0.3) is 5.56 Å². The Kier molecular flexibility index (Phi) is 3.39. The van der Waals surface area contributed by atoms with Crippen LogP contribution in [0.15, 0.2) is 17.1 Å². The molecule has 1 fully saturated rings. The van der Waals surface area contributed by atoms with Crippen LogP contribution in [0.5, 0.6) is 0 Å². The van der Waals surface area contributed by atoms with Crippen LogP contribution in [0.4, 0.5) is 0 Å². The number of ether oxygens (including phenoxy) is 1. The molecular formula is C10H14N2O5S. The lowest BCUT2D eigenvalue weighted by molar-refractivity contribution is -0.0979. The Labute approximate surface area is 107 Å². The number of aromatic nitrogens is 2. The van der Waals surface area contributed by atoms with Gasteiger partial charge in [-0.1, -0.05) is 0 Å². The first-order chi connectivity index (χ1) is 8.37. The van der Waals surface area contributed by atoms with Crippen LogP contribution in [0.1, 0.15) is 13.2 Å². The van der Waals surface area contributed by atoms with Gasteiger partial charge in [-0.15, -0.1) is 0 Å². The number of aromatic amines is 1. The summed E-state index contributed by atoms with van der Waals surface area (Å²) in [6.45, 7) is 0.954. The lowest BCUT2D eigenvalue weighted by Crippen LogP contribution is -2.44. The van der Waals surface area contributed by atoms with E-state index in [-0.39, 0.29) is 10.3 Å². The van der Waals surface area contributed by atoms with Gasteiger partial charge in [-0.2, -0.15) is 0 Å². The molecule has 1 aliphatic heterocycles. The van der Waals surface area contributed by atoms with Gasteiger partial charge >= 0.3 is 0 Å². The van der Waals surface area contributed by atoms with Crippen LogP contribution in [0, 0.1) is 4.77 Å². The van der Waals surface area contributed by atoms with Gasteiger partial charge in [0, 0.05) is 12.3 Å². The quantitative estimate of drug-likeness (QED) is 0.510. The molecule has 0 radical (unpaired) electrons. The van der Waals surface area contributed by atoms with Crippen molar-refractivity contribution in [1.82, 2.24) is 9.55 Å². The largest absolute Gasteiger partial charge is 0.394 e. The van der Waals surface area contributed by atoms with E-state index >= 15 is 0 Å². The number of aliphatic hydroxyl groups excluding tert-OH is 2. The van der Waals surface area contributed by atoms with Gasteiger partial charge in [0.05, 0.1) is 6.61 Å². The molecule has 100 valence electrons. The summed E-state index contributed by atoms with van der Waals surface area (Å²) in [5.41, 5.74) is -1.99. The fourth-order valence-corrected chi connectivity index (χ4v) is 2.26.